The average molecular weight is 268 g/mol. The molecule has 0 aromatic rings. The molecule has 6 heteroatoms. The van der Waals surface area contributed by atoms with Crippen LogP contribution in [-0.4, -0.2) is 36.9 Å². The van der Waals surface area contributed by atoms with Gasteiger partial charge in [0, 0.05) is 19.4 Å². The Morgan fingerprint density at radius 2 is 2.16 bits per heavy atom. The quantitative estimate of drug-likeness (QED) is 0.734. The maximum atomic E-state index is 12.0. The smallest absolute Gasteiger partial charge is 0.240 e. The number of ketones is 1. The molecule has 2 aliphatic rings. The molecule has 2 fully saturated rings. The predicted octanol–water partition coefficient (Wildman–Crippen LogP) is -0.248. The van der Waals surface area contributed by atoms with E-state index in [9.17, 15) is 14.4 Å². The molecule has 106 valence electrons. The monoisotopic (exact) mass is 268 g/mol. The van der Waals surface area contributed by atoms with E-state index >= 15 is 0 Å². The molecule has 0 radical (unpaired) electrons. The van der Waals surface area contributed by atoms with Gasteiger partial charge in [0.2, 0.25) is 11.8 Å². The van der Waals surface area contributed by atoms with Crippen molar-refractivity contribution in [1.29, 1.82) is 0 Å². The average Bonchev–Trinajstić information content (AvgIpc) is 2.89. The first-order valence-electron chi connectivity index (χ1n) is 6.77. The molecule has 0 bridgehead atoms. The van der Waals surface area contributed by atoms with Crippen LogP contribution in [0, 0.1) is 11.8 Å². The Balaban J connectivity index is 1.97. The fourth-order valence-corrected chi connectivity index (χ4v) is 2.78. The second-order valence-corrected chi connectivity index (χ2v) is 5.34. The molecule has 2 amide bonds. The highest BCUT2D eigenvalue weighted by Gasteiger charge is 2.34. The normalized spacial score (nSPS) is 28.9. The second-order valence-electron chi connectivity index (χ2n) is 5.34. The number of primary amides is 1. The minimum Gasteiger partial charge on any atom is -0.381 e. The van der Waals surface area contributed by atoms with Gasteiger partial charge in [-0.2, -0.15) is 0 Å². The third kappa shape index (κ3) is 3.53. The van der Waals surface area contributed by atoms with Crippen LogP contribution in [0.1, 0.15) is 32.1 Å². The molecule has 1 aliphatic carbocycles. The topological polar surface area (TPSA) is 98.5 Å². The summed E-state index contributed by atoms with van der Waals surface area (Å²) in [5, 5.41) is 2.70. The molecular weight excluding hydrogens is 248 g/mol. The molecule has 3 atom stereocenters. The minimum absolute atomic E-state index is 0.140. The van der Waals surface area contributed by atoms with E-state index in [1.54, 1.807) is 0 Å². The summed E-state index contributed by atoms with van der Waals surface area (Å²) in [7, 11) is 0. The van der Waals surface area contributed by atoms with Crippen LogP contribution in [0.15, 0.2) is 0 Å². The van der Waals surface area contributed by atoms with Gasteiger partial charge in [-0.25, -0.2) is 0 Å². The van der Waals surface area contributed by atoms with Crippen molar-refractivity contribution in [1.82, 2.24) is 5.32 Å². The first-order valence-corrected chi connectivity index (χ1v) is 6.77. The maximum absolute atomic E-state index is 12.0. The zero-order valence-corrected chi connectivity index (χ0v) is 10.9. The van der Waals surface area contributed by atoms with Gasteiger partial charge >= 0.3 is 0 Å². The van der Waals surface area contributed by atoms with Gasteiger partial charge in [0.25, 0.3) is 0 Å². The molecule has 2 rings (SSSR count). The van der Waals surface area contributed by atoms with Gasteiger partial charge in [0.15, 0.2) is 0 Å². The molecule has 1 saturated heterocycles. The number of ether oxygens (including phenoxy) is 1. The van der Waals surface area contributed by atoms with E-state index in [1.807, 2.05) is 0 Å². The number of hydrogen-bond acceptors (Lipinski definition) is 4. The molecule has 0 aromatic heterocycles. The van der Waals surface area contributed by atoms with Crippen molar-refractivity contribution < 1.29 is 19.1 Å². The number of nitrogens with one attached hydrogen (secondary N) is 1. The fraction of sp³-hybridized carbons (Fsp3) is 0.769. The summed E-state index contributed by atoms with van der Waals surface area (Å²) in [5.74, 6) is -0.988. The third-order valence-electron chi connectivity index (χ3n) is 3.90. The Morgan fingerprint density at radius 1 is 1.37 bits per heavy atom. The van der Waals surface area contributed by atoms with Crippen LogP contribution in [0.25, 0.3) is 0 Å². The van der Waals surface area contributed by atoms with Crippen LogP contribution in [0.5, 0.6) is 0 Å². The summed E-state index contributed by atoms with van der Waals surface area (Å²) >= 11 is 0. The highest BCUT2D eigenvalue weighted by molar-refractivity contribution is 5.89. The van der Waals surface area contributed by atoms with Crippen LogP contribution in [-0.2, 0) is 19.1 Å². The highest BCUT2D eigenvalue weighted by Crippen LogP contribution is 2.25. The number of Topliss-reactive ketones (excluding diaryl/α,β-unsaturated/α-hetero) is 1. The SMILES string of the molecule is NC(=O)[C@@H](NC(=O)[C@@H]1CCOC1)[C@H]1CCCC(=O)C1. The molecule has 3 N–H and O–H groups in total. The molecule has 0 spiro atoms. The van der Waals surface area contributed by atoms with Crippen LogP contribution in [0.4, 0.5) is 0 Å². The van der Waals surface area contributed by atoms with Crippen molar-refractivity contribution >= 4 is 17.6 Å². The van der Waals surface area contributed by atoms with Crippen LogP contribution in [0.2, 0.25) is 0 Å². The first-order chi connectivity index (χ1) is 9.08. The summed E-state index contributed by atoms with van der Waals surface area (Å²) in [6.45, 7) is 0.960. The van der Waals surface area contributed by atoms with E-state index in [0.717, 1.165) is 12.8 Å². The van der Waals surface area contributed by atoms with Gasteiger partial charge in [-0.15, -0.1) is 0 Å². The number of rotatable bonds is 4. The van der Waals surface area contributed by atoms with E-state index in [1.165, 1.54) is 0 Å². The number of carbonyl (C=O) groups is 3. The summed E-state index contributed by atoms with van der Waals surface area (Å²) < 4.78 is 5.15. The van der Waals surface area contributed by atoms with E-state index in [4.69, 9.17) is 10.5 Å². The Hall–Kier alpha value is -1.43. The fourth-order valence-electron chi connectivity index (χ4n) is 2.78. The number of hydrogen-bond donors (Lipinski definition) is 2. The maximum Gasteiger partial charge on any atom is 0.240 e. The van der Waals surface area contributed by atoms with Crippen molar-refractivity contribution in [3.63, 3.8) is 0 Å². The summed E-state index contributed by atoms with van der Waals surface area (Å²) in [4.78, 5) is 35.0. The number of carbonyl (C=O) groups excluding carboxylic acids is 3. The van der Waals surface area contributed by atoms with Gasteiger partial charge in [0.05, 0.1) is 12.5 Å². The van der Waals surface area contributed by atoms with E-state index < -0.39 is 11.9 Å². The van der Waals surface area contributed by atoms with Crippen LogP contribution >= 0.6 is 0 Å². The van der Waals surface area contributed by atoms with E-state index in [-0.39, 0.29) is 23.5 Å². The minimum atomic E-state index is -0.739. The molecule has 1 saturated carbocycles. The van der Waals surface area contributed by atoms with Crippen molar-refractivity contribution in [3.8, 4) is 0 Å². The Bertz CT molecular complexity index is 377. The number of nitrogens with two attached hydrogens (primary N) is 1. The molecule has 19 heavy (non-hydrogen) atoms. The Labute approximate surface area is 112 Å². The van der Waals surface area contributed by atoms with Crippen molar-refractivity contribution in [2.75, 3.05) is 13.2 Å². The molecule has 0 aromatic carbocycles. The van der Waals surface area contributed by atoms with Crippen molar-refractivity contribution in [2.24, 2.45) is 17.6 Å². The van der Waals surface area contributed by atoms with Crippen molar-refractivity contribution in [2.45, 2.75) is 38.1 Å². The lowest BCUT2D eigenvalue weighted by molar-refractivity contribution is -0.132. The molecule has 6 nitrogen and oxygen atoms in total. The van der Waals surface area contributed by atoms with Gasteiger partial charge in [-0.1, -0.05) is 0 Å². The van der Waals surface area contributed by atoms with Gasteiger partial charge in [-0.3, -0.25) is 14.4 Å². The van der Waals surface area contributed by atoms with Gasteiger partial charge in [0.1, 0.15) is 11.8 Å². The lowest BCUT2D eigenvalue weighted by Crippen LogP contribution is -2.51. The Kier molecular flexibility index (Phi) is 4.52. The zero-order chi connectivity index (χ0) is 13.8. The summed E-state index contributed by atoms with van der Waals surface area (Å²) in [5.41, 5.74) is 5.36. The Morgan fingerprint density at radius 3 is 2.74 bits per heavy atom. The summed E-state index contributed by atoms with van der Waals surface area (Å²) in [6.07, 6.45) is 3.07. The van der Waals surface area contributed by atoms with Crippen LogP contribution in [0.3, 0.4) is 0 Å². The van der Waals surface area contributed by atoms with Crippen LogP contribution < -0.4 is 11.1 Å². The standard InChI is InChI=1S/C13H20N2O4/c14-12(17)11(8-2-1-3-10(16)6-8)15-13(18)9-4-5-19-7-9/h8-9,11H,1-7H2,(H2,14,17)(H,15,18)/t8-,9+,11-/m0/s1. The predicted molar refractivity (Wildman–Crippen MR) is 67.0 cm³/mol. The summed E-state index contributed by atoms with van der Waals surface area (Å²) in [6, 6.07) is -0.739. The second kappa shape index (κ2) is 6.14. The third-order valence-corrected chi connectivity index (χ3v) is 3.90. The number of amides is 2. The van der Waals surface area contributed by atoms with E-state index in [2.05, 4.69) is 5.32 Å². The zero-order valence-electron chi connectivity index (χ0n) is 10.9. The lowest BCUT2D eigenvalue weighted by atomic mass is 9.82. The molecule has 1 aliphatic heterocycles. The van der Waals surface area contributed by atoms with Crippen molar-refractivity contribution in [3.05, 3.63) is 0 Å². The van der Waals surface area contributed by atoms with E-state index in [0.29, 0.717) is 32.5 Å². The molecule has 0 unspecified atom stereocenters. The molecule has 1 heterocycles. The first kappa shape index (κ1) is 14.0. The van der Waals surface area contributed by atoms with Gasteiger partial charge < -0.3 is 15.8 Å². The largest absolute Gasteiger partial charge is 0.381 e. The van der Waals surface area contributed by atoms with Gasteiger partial charge in [-0.05, 0) is 25.2 Å². The molecular formula is C13H20N2O4. The lowest BCUT2D eigenvalue weighted by Gasteiger charge is -2.28. The highest BCUT2D eigenvalue weighted by atomic mass is 16.5.